The van der Waals surface area contributed by atoms with Crippen LogP contribution >= 0.6 is 0 Å². The number of aryl methyl sites for hydroxylation is 1. The van der Waals surface area contributed by atoms with E-state index in [1.165, 1.54) is 0 Å². The predicted octanol–water partition coefficient (Wildman–Crippen LogP) is 4.00. The van der Waals surface area contributed by atoms with Crippen LogP contribution in [0.25, 0.3) is 5.69 Å². The van der Waals surface area contributed by atoms with Crippen LogP contribution in [0.4, 0.5) is 0 Å². The second-order valence-electron chi connectivity index (χ2n) is 5.06. The zero-order valence-electron chi connectivity index (χ0n) is 12.3. The molecule has 0 radical (unpaired) electrons. The second-order valence-corrected chi connectivity index (χ2v) is 5.06. The van der Waals surface area contributed by atoms with Gasteiger partial charge in [-0.1, -0.05) is 36.1 Å². The Morgan fingerprint density at radius 2 is 1.77 bits per heavy atom. The Kier molecular flexibility index (Phi) is 3.89. The SMILES string of the molecule is Cc1ccc(-n2cccc2C=O)c(C#Cc2ccccc2)c1. The summed E-state index contributed by atoms with van der Waals surface area (Å²) in [6, 6.07) is 19.6. The summed E-state index contributed by atoms with van der Waals surface area (Å²) in [5, 5.41) is 0. The highest BCUT2D eigenvalue weighted by Crippen LogP contribution is 2.18. The number of carbonyl (C=O) groups is 1. The van der Waals surface area contributed by atoms with Gasteiger partial charge >= 0.3 is 0 Å². The van der Waals surface area contributed by atoms with Crippen molar-refractivity contribution >= 4 is 6.29 Å². The summed E-state index contributed by atoms with van der Waals surface area (Å²) < 4.78 is 1.86. The van der Waals surface area contributed by atoms with Gasteiger partial charge in [0.2, 0.25) is 0 Å². The Hall–Kier alpha value is -3.05. The van der Waals surface area contributed by atoms with Crippen LogP contribution in [0.2, 0.25) is 0 Å². The molecule has 0 aliphatic carbocycles. The molecule has 2 heteroatoms. The summed E-state index contributed by atoms with van der Waals surface area (Å²) in [5.41, 5.74) is 4.55. The van der Waals surface area contributed by atoms with Crippen molar-refractivity contribution in [1.29, 1.82) is 0 Å². The summed E-state index contributed by atoms with van der Waals surface area (Å²) in [7, 11) is 0. The molecule has 0 saturated carbocycles. The maximum absolute atomic E-state index is 11.2. The van der Waals surface area contributed by atoms with E-state index >= 15 is 0 Å². The highest BCUT2D eigenvalue weighted by atomic mass is 16.1. The van der Waals surface area contributed by atoms with E-state index in [2.05, 4.69) is 11.8 Å². The molecule has 0 unspecified atom stereocenters. The topological polar surface area (TPSA) is 22.0 Å². The number of hydrogen-bond acceptors (Lipinski definition) is 1. The molecule has 106 valence electrons. The molecule has 2 nitrogen and oxygen atoms in total. The van der Waals surface area contributed by atoms with Crippen molar-refractivity contribution in [3.05, 3.63) is 89.2 Å². The van der Waals surface area contributed by atoms with Gasteiger partial charge in [0.15, 0.2) is 6.29 Å². The van der Waals surface area contributed by atoms with Gasteiger partial charge in [0.05, 0.1) is 11.4 Å². The Morgan fingerprint density at radius 3 is 2.55 bits per heavy atom. The number of nitrogens with zero attached hydrogens (tertiary/aromatic N) is 1. The number of aldehydes is 1. The molecule has 0 N–H and O–H groups in total. The average Bonchev–Trinajstić information content (AvgIpc) is 3.02. The van der Waals surface area contributed by atoms with E-state index in [0.29, 0.717) is 5.69 Å². The number of rotatable bonds is 2. The third kappa shape index (κ3) is 2.84. The highest BCUT2D eigenvalue weighted by Gasteiger charge is 2.06. The molecule has 0 aliphatic rings. The van der Waals surface area contributed by atoms with Gasteiger partial charge in [-0.25, -0.2) is 0 Å². The minimum atomic E-state index is 0.617. The first-order valence-corrected chi connectivity index (χ1v) is 7.08. The van der Waals surface area contributed by atoms with E-state index in [1.807, 2.05) is 72.3 Å². The normalized spacial score (nSPS) is 9.86. The minimum Gasteiger partial charge on any atom is -0.313 e. The van der Waals surface area contributed by atoms with Crippen molar-refractivity contribution in [2.24, 2.45) is 0 Å². The number of aromatic nitrogens is 1. The fraction of sp³-hybridized carbons (Fsp3) is 0.0500. The molecule has 0 saturated heterocycles. The van der Waals surface area contributed by atoms with Crippen molar-refractivity contribution in [1.82, 2.24) is 4.57 Å². The monoisotopic (exact) mass is 285 g/mol. The molecular formula is C20H15NO. The quantitative estimate of drug-likeness (QED) is 0.515. The van der Waals surface area contributed by atoms with Crippen LogP contribution in [0, 0.1) is 18.8 Å². The van der Waals surface area contributed by atoms with Gasteiger partial charge in [-0.2, -0.15) is 0 Å². The standard InChI is InChI=1S/C20H15NO/c1-16-9-12-20(21-13-5-8-19(21)15-22)18(14-16)11-10-17-6-3-2-4-7-17/h2-9,12-15H,1H3. The molecule has 0 atom stereocenters. The van der Waals surface area contributed by atoms with Gasteiger partial charge in [-0.05, 0) is 48.9 Å². The first-order chi connectivity index (χ1) is 10.8. The molecule has 2 aromatic carbocycles. The van der Waals surface area contributed by atoms with Crippen molar-refractivity contribution < 1.29 is 4.79 Å². The zero-order valence-corrected chi connectivity index (χ0v) is 12.3. The lowest BCUT2D eigenvalue weighted by molar-refractivity contribution is 0.111. The fourth-order valence-electron chi connectivity index (χ4n) is 2.33. The van der Waals surface area contributed by atoms with Gasteiger partial charge < -0.3 is 4.57 Å². The third-order valence-corrected chi connectivity index (χ3v) is 3.43. The van der Waals surface area contributed by atoms with Gasteiger partial charge in [0.1, 0.15) is 0 Å². The molecule has 0 fully saturated rings. The Bertz CT molecular complexity index is 863. The molecule has 22 heavy (non-hydrogen) atoms. The largest absolute Gasteiger partial charge is 0.313 e. The molecule has 0 bridgehead atoms. The number of hydrogen-bond donors (Lipinski definition) is 0. The molecule has 1 aromatic heterocycles. The van der Waals surface area contributed by atoms with Crippen molar-refractivity contribution in [3.63, 3.8) is 0 Å². The molecular weight excluding hydrogens is 270 g/mol. The lowest BCUT2D eigenvalue weighted by atomic mass is 10.1. The number of benzene rings is 2. The summed E-state index contributed by atoms with van der Waals surface area (Å²) in [6.45, 7) is 2.04. The van der Waals surface area contributed by atoms with Crippen LogP contribution in [-0.4, -0.2) is 10.9 Å². The smallest absolute Gasteiger partial charge is 0.166 e. The Balaban J connectivity index is 2.10. The maximum Gasteiger partial charge on any atom is 0.166 e. The van der Waals surface area contributed by atoms with Crippen LogP contribution in [0.1, 0.15) is 27.2 Å². The van der Waals surface area contributed by atoms with E-state index in [1.54, 1.807) is 6.07 Å². The zero-order chi connectivity index (χ0) is 15.4. The summed E-state index contributed by atoms with van der Waals surface area (Å²) in [6.07, 6.45) is 2.73. The molecule has 0 amide bonds. The van der Waals surface area contributed by atoms with Crippen LogP contribution in [0.15, 0.2) is 66.9 Å². The summed E-state index contributed by atoms with van der Waals surface area (Å²) >= 11 is 0. The fourth-order valence-corrected chi connectivity index (χ4v) is 2.33. The second kappa shape index (κ2) is 6.15. The Morgan fingerprint density at radius 1 is 0.955 bits per heavy atom. The maximum atomic E-state index is 11.2. The predicted molar refractivity (Wildman–Crippen MR) is 88.3 cm³/mol. The minimum absolute atomic E-state index is 0.617. The van der Waals surface area contributed by atoms with Crippen LogP contribution < -0.4 is 0 Å². The van der Waals surface area contributed by atoms with E-state index in [9.17, 15) is 4.79 Å². The first kappa shape index (κ1) is 13.9. The van der Waals surface area contributed by atoms with E-state index in [0.717, 1.165) is 28.7 Å². The number of carbonyl (C=O) groups excluding carboxylic acids is 1. The van der Waals surface area contributed by atoms with E-state index in [-0.39, 0.29) is 0 Å². The third-order valence-electron chi connectivity index (χ3n) is 3.43. The molecule has 3 rings (SSSR count). The molecule has 1 heterocycles. The van der Waals surface area contributed by atoms with Crippen molar-refractivity contribution in [3.8, 4) is 17.5 Å². The molecule has 3 aromatic rings. The van der Waals surface area contributed by atoms with Crippen LogP contribution in [0.3, 0.4) is 0 Å². The van der Waals surface area contributed by atoms with Gasteiger partial charge in [0.25, 0.3) is 0 Å². The average molecular weight is 285 g/mol. The summed E-state index contributed by atoms with van der Waals surface area (Å²) in [5.74, 6) is 6.40. The first-order valence-electron chi connectivity index (χ1n) is 7.08. The lowest BCUT2D eigenvalue weighted by Crippen LogP contribution is -2.00. The highest BCUT2D eigenvalue weighted by molar-refractivity contribution is 5.74. The van der Waals surface area contributed by atoms with Gasteiger partial charge in [0, 0.05) is 17.3 Å². The van der Waals surface area contributed by atoms with Crippen LogP contribution in [-0.2, 0) is 0 Å². The van der Waals surface area contributed by atoms with E-state index in [4.69, 9.17) is 0 Å². The Labute approximate surface area is 130 Å². The van der Waals surface area contributed by atoms with Crippen molar-refractivity contribution in [2.75, 3.05) is 0 Å². The van der Waals surface area contributed by atoms with Gasteiger partial charge in [-0.15, -0.1) is 0 Å². The summed E-state index contributed by atoms with van der Waals surface area (Å²) in [4.78, 5) is 11.2. The van der Waals surface area contributed by atoms with E-state index < -0.39 is 0 Å². The van der Waals surface area contributed by atoms with Gasteiger partial charge in [-0.3, -0.25) is 4.79 Å². The molecule has 0 spiro atoms. The van der Waals surface area contributed by atoms with Crippen molar-refractivity contribution in [2.45, 2.75) is 6.92 Å². The lowest BCUT2D eigenvalue weighted by Gasteiger charge is -2.09. The van der Waals surface area contributed by atoms with Crippen LogP contribution in [0.5, 0.6) is 0 Å². The molecule has 0 aliphatic heterocycles.